The molecule has 140 valence electrons. The second-order valence-corrected chi connectivity index (χ2v) is 12.9. The molecular weight excluding hydrogens is 342 g/mol. The number of carboxylic acid groups (broad SMARTS) is 1. The van der Waals surface area contributed by atoms with Crippen LogP contribution in [0.2, 0.25) is 18.1 Å². The van der Waals surface area contributed by atoms with E-state index in [1.807, 2.05) is 36.4 Å². The van der Waals surface area contributed by atoms with E-state index < -0.39 is 20.3 Å². The monoisotopic (exact) mass is 371 g/mol. The number of aliphatic carboxylic acids is 1. The quantitative estimate of drug-likeness (QED) is 0.684. The molecule has 2 aromatic carbocycles. The van der Waals surface area contributed by atoms with Crippen LogP contribution in [0.25, 0.3) is 11.1 Å². The van der Waals surface area contributed by atoms with E-state index in [1.54, 1.807) is 0 Å². The number of carbonyl (C=O) groups is 1. The van der Waals surface area contributed by atoms with Crippen molar-refractivity contribution < 1.29 is 14.3 Å². The van der Waals surface area contributed by atoms with Crippen molar-refractivity contribution in [3.63, 3.8) is 0 Å². The van der Waals surface area contributed by atoms with Crippen molar-refractivity contribution in [2.75, 3.05) is 0 Å². The largest absolute Gasteiger partial charge is 0.544 e. The number of rotatable bonds is 6. The van der Waals surface area contributed by atoms with Gasteiger partial charge >= 0.3 is 5.97 Å². The van der Waals surface area contributed by atoms with Crippen LogP contribution in [-0.2, 0) is 4.79 Å². The van der Waals surface area contributed by atoms with Crippen LogP contribution in [0.15, 0.2) is 48.5 Å². The van der Waals surface area contributed by atoms with Crippen molar-refractivity contribution in [1.29, 1.82) is 0 Å². The summed E-state index contributed by atoms with van der Waals surface area (Å²) in [6.07, 6.45) is -0.0706. The van der Waals surface area contributed by atoms with Gasteiger partial charge in [-0.1, -0.05) is 57.2 Å². The van der Waals surface area contributed by atoms with Crippen LogP contribution in [0.1, 0.15) is 38.8 Å². The first-order valence-electron chi connectivity index (χ1n) is 8.86. The Balaban J connectivity index is 2.12. The summed E-state index contributed by atoms with van der Waals surface area (Å²) in [5.41, 5.74) is 8.89. The van der Waals surface area contributed by atoms with Gasteiger partial charge in [-0.2, -0.15) is 0 Å². The smallest absolute Gasteiger partial charge is 0.305 e. The fraction of sp³-hybridized carbons (Fsp3) is 0.381. The third-order valence-corrected chi connectivity index (χ3v) is 9.46. The fourth-order valence-corrected chi connectivity index (χ4v) is 3.42. The van der Waals surface area contributed by atoms with E-state index in [0.29, 0.717) is 0 Å². The molecule has 0 saturated carbocycles. The second-order valence-electron chi connectivity index (χ2n) is 8.21. The fourth-order valence-electron chi connectivity index (χ4n) is 2.39. The highest BCUT2D eigenvalue weighted by Crippen LogP contribution is 2.37. The minimum Gasteiger partial charge on any atom is -0.544 e. The van der Waals surface area contributed by atoms with Crippen LogP contribution in [-0.4, -0.2) is 19.4 Å². The van der Waals surface area contributed by atoms with Crippen molar-refractivity contribution in [1.82, 2.24) is 0 Å². The van der Waals surface area contributed by atoms with E-state index in [-0.39, 0.29) is 11.5 Å². The SMILES string of the molecule is CC(C)(C)[Si](C)(C)Oc1ccc(-c2ccc(C(N)CC(=O)O)cc2)cc1. The standard InChI is InChI=1S/C21H29NO3Si/c1-21(2,3)26(4,5)25-18-12-10-16(11-13-18)15-6-8-17(9-7-15)19(22)14-20(23)24/h6-13,19H,14,22H2,1-5H3,(H,23,24). The number of nitrogens with two attached hydrogens (primary N) is 1. The predicted octanol–water partition coefficient (Wildman–Crippen LogP) is 5.21. The molecule has 0 amide bonds. The summed E-state index contributed by atoms with van der Waals surface area (Å²) in [6, 6.07) is 15.4. The van der Waals surface area contributed by atoms with Crippen molar-refractivity contribution in [2.24, 2.45) is 5.73 Å². The van der Waals surface area contributed by atoms with Crippen LogP contribution in [0.4, 0.5) is 0 Å². The molecule has 0 aliphatic carbocycles. The Morgan fingerprint density at radius 2 is 1.50 bits per heavy atom. The van der Waals surface area contributed by atoms with Crippen LogP contribution in [0, 0.1) is 0 Å². The second kappa shape index (κ2) is 7.64. The van der Waals surface area contributed by atoms with E-state index in [9.17, 15) is 4.79 Å². The van der Waals surface area contributed by atoms with Gasteiger partial charge in [0, 0.05) is 6.04 Å². The van der Waals surface area contributed by atoms with Gasteiger partial charge in [-0.15, -0.1) is 0 Å². The number of hydrogen-bond acceptors (Lipinski definition) is 3. The van der Waals surface area contributed by atoms with Gasteiger partial charge in [0.1, 0.15) is 5.75 Å². The van der Waals surface area contributed by atoms with E-state index in [0.717, 1.165) is 22.4 Å². The molecule has 26 heavy (non-hydrogen) atoms. The lowest BCUT2D eigenvalue weighted by atomic mass is 10.00. The lowest BCUT2D eigenvalue weighted by Gasteiger charge is -2.36. The zero-order chi connectivity index (χ0) is 19.5. The van der Waals surface area contributed by atoms with Gasteiger partial charge in [0.05, 0.1) is 6.42 Å². The molecule has 0 aliphatic heterocycles. The first-order chi connectivity index (χ1) is 12.0. The van der Waals surface area contributed by atoms with Gasteiger partial charge in [-0.05, 0) is 47.0 Å². The number of carboxylic acids is 1. The molecule has 0 heterocycles. The lowest BCUT2D eigenvalue weighted by Crippen LogP contribution is -2.43. The molecule has 2 rings (SSSR count). The molecule has 0 radical (unpaired) electrons. The highest BCUT2D eigenvalue weighted by Gasteiger charge is 2.38. The van der Waals surface area contributed by atoms with E-state index >= 15 is 0 Å². The third kappa shape index (κ3) is 4.96. The highest BCUT2D eigenvalue weighted by molar-refractivity contribution is 6.74. The topological polar surface area (TPSA) is 72.5 Å². The molecule has 2 aromatic rings. The van der Waals surface area contributed by atoms with Crippen LogP contribution >= 0.6 is 0 Å². The molecule has 0 saturated heterocycles. The number of hydrogen-bond donors (Lipinski definition) is 2. The van der Waals surface area contributed by atoms with Crippen LogP contribution < -0.4 is 10.2 Å². The molecular formula is C21H29NO3Si. The zero-order valence-corrected chi connectivity index (χ0v) is 17.2. The van der Waals surface area contributed by atoms with Gasteiger partial charge in [0.15, 0.2) is 0 Å². The predicted molar refractivity (Wildman–Crippen MR) is 109 cm³/mol. The normalized spacial score (nSPS) is 13.3. The third-order valence-electron chi connectivity index (χ3n) is 5.10. The molecule has 0 spiro atoms. The molecule has 0 fully saturated rings. The first-order valence-corrected chi connectivity index (χ1v) is 11.8. The summed E-state index contributed by atoms with van der Waals surface area (Å²) in [4.78, 5) is 10.8. The Kier molecular flexibility index (Phi) is 5.93. The molecule has 5 heteroatoms. The number of benzene rings is 2. The summed E-state index contributed by atoms with van der Waals surface area (Å²) in [6.45, 7) is 11.2. The minimum absolute atomic E-state index is 0.0706. The van der Waals surface area contributed by atoms with E-state index in [1.165, 1.54) is 0 Å². The Bertz CT molecular complexity index is 746. The van der Waals surface area contributed by atoms with Crippen molar-refractivity contribution in [3.8, 4) is 16.9 Å². The molecule has 4 nitrogen and oxygen atoms in total. The summed E-state index contributed by atoms with van der Waals surface area (Å²) >= 11 is 0. The molecule has 1 atom stereocenters. The van der Waals surface area contributed by atoms with Gasteiger partial charge < -0.3 is 15.3 Å². The first kappa shape index (κ1) is 20.2. The van der Waals surface area contributed by atoms with Crippen LogP contribution in [0.5, 0.6) is 5.75 Å². The van der Waals surface area contributed by atoms with Crippen LogP contribution in [0.3, 0.4) is 0 Å². The Labute approximate surface area is 157 Å². The average molecular weight is 372 g/mol. The maximum absolute atomic E-state index is 10.8. The zero-order valence-electron chi connectivity index (χ0n) is 16.2. The van der Waals surface area contributed by atoms with E-state index in [4.69, 9.17) is 15.3 Å². The Morgan fingerprint density at radius 1 is 1.04 bits per heavy atom. The lowest BCUT2D eigenvalue weighted by molar-refractivity contribution is -0.137. The molecule has 0 bridgehead atoms. The van der Waals surface area contributed by atoms with Crippen molar-refractivity contribution in [3.05, 3.63) is 54.1 Å². The van der Waals surface area contributed by atoms with Crippen molar-refractivity contribution in [2.45, 2.75) is 51.4 Å². The summed E-state index contributed by atoms with van der Waals surface area (Å²) in [7, 11) is -1.84. The summed E-state index contributed by atoms with van der Waals surface area (Å²) in [5, 5.41) is 9.01. The Morgan fingerprint density at radius 3 is 1.92 bits per heavy atom. The molecule has 1 unspecified atom stereocenters. The average Bonchev–Trinajstić information content (AvgIpc) is 2.54. The Hall–Kier alpha value is -2.11. The summed E-state index contributed by atoms with van der Waals surface area (Å²) in [5.74, 6) is 0.0133. The van der Waals surface area contributed by atoms with Gasteiger partial charge in [0.25, 0.3) is 0 Å². The maximum Gasteiger partial charge on any atom is 0.305 e. The van der Waals surface area contributed by atoms with Gasteiger partial charge in [-0.25, -0.2) is 0 Å². The highest BCUT2D eigenvalue weighted by atomic mass is 28.4. The molecule has 0 aliphatic rings. The molecule has 3 N–H and O–H groups in total. The van der Waals surface area contributed by atoms with Gasteiger partial charge in [-0.3, -0.25) is 4.79 Å². The minimum atomic E-state index is -1.84. The molecule has 0 aromatic heterocycles. The van der Waals surface area contributed by atoms with Gasteiger partial charge in [0.2, 0.25) is 8.32 Å². The summed E-state index contributed by atoms with van der Waals surface area (Å²) < 4.78 is 6.31. The van der Waals surface area contributed by atoms with Crippen molar-refractivity contribution >= 4 is 14.3 Å². The van der Waals surface area contributed by atoms with E-state index in [2.05, 4.69) is 46.0 Å². The maximum atomic E-state index is 10.8.